The van der Waals surface area contributed by atoms with E-state index in [1.54, 1.807) is 37.1 Å². The van der Waals surface area contributed by atoms with E-state index in [-0.39, 0.29) is 12.6 Å². The Bertz CT molecular complexity index is 914. The van der Waals surface area contributed by atoms with E-state index in [2.05, 4.69) is 22.4 Å². The molecule has 0 radical (unpaired) electrons. The van der Waals surface area contributed by atoms with Crippen LogP contribution < -0.4 is 10.1 Å². The third-order valence-electron chi connectivity index (χ3n) is 4.27. The standard InChI is InChI=1S/C19H22ClN5O2/c1-4-14-5-7-17(8-6-14)27-13-24-12-16(10-21-24)23-18(26)19(2,3)25-11-15(20)9-22-25/h5-12H,4,13H2,1-3H3,(H,23,26). The second-order valence-electron chi connectivity index (χ2n) is 6.66. The fourth-order valence-corrected chi connectivity index (χ4v) is 2.59. The van der Waals surface area contributed by atoms with E-state index in [0.717, 1.165) is 12.2 Å². The molecule has 0 unspecified atom stereocenters. The van der Waals surface area contributed by atoms with Crippen molar-refractivity contribution in [3.8, 4) is 5.75 Å². The summed E-state index contributed by atoms with van der Waals surface area (Å²) in [5, 5.41) is 11.6. The molecule has 0 atom stereocenters. The highest BCUT2D eigenvalue weighted by Crippen LogP contribution is 2.20. The summed E-state index contributed by atoms with van der Waals surface area (Å²) in [6, 6.07) is 7.94. The number of aryl methyl sites for hydroxylation is 1. The zero-order valence-corrected chi connectivity index (χ0v) is 16.3. The number of ether oxygens (including phenoxy) is 1. The van der Waals surface area contributed by atoms with Gasteiger partial charge in [-0.1, -0.05) is 30.7 Å². The highest BCUT2D eigenvalue weighted by molar-refractivity contribution is 6.30. The van der Waals surface area contributed by atoms with Crippen molar-refractivity contribution in [3.05, 3.63) is 59.6 Å². The van der Waals surface area contributed by atoms with Gasteiger partial charge in [-0.25, -0.2) is 4.68 Å². The van der Waals surface area contributed by atoms with E-state index in [1.165, 1.54) is 16.4 Å². The van der Waals surface area contributed by atoms with Crippen LogP contribution >= 0.6 is 11.6 Å². The summed E-state index contributed by atoms with van der Waals surface area (Å²) >= 11 is 5.89. The lowest BCUT2D eigenvalue weighted by atomic mass is 10.1. The normalized spacial score (nSPS) is 11.4. The summed E-state index contributed by atoms with van der Waals surface area (Å²) in [6.45, 7) is 5.88. The van der Waals surface area contributed by atoms with Gasteiger partial charge < -0.3 is 10.1 Å². The molecule has 1 amide bonds. The zero-order valence-electron chi connectivity index (χ0n) is 15.5. The van der Waals surface area contributed by atoms with Crippen molar-refractivity contribution in [1.82, 2.24) is 19.6 Å². The molecule has 0 spiro atoms. The molecule has 8 heteroatoms. The first-order chi connectivity index (χ1) is 12.9. The Hall–Kier alpha value is -2.80. The lowest BCUT2D eigenvalue weighted by Gasteiger charge is -2.23. The molecule has 3 aromatic rings. The van der Waals surface area contributed by atoms with Crippen molar-refractivity contribution in [3.63, 3.8) is 0 Å². The van der Waals surface area contributed by atoms with Gasteiger partial charge in [0.05, 0.1) is 29.3 Å². The van der Waals surface area contributed by atoms with E-state index in [9.17, 15) is 4.79 Å². The molecule has 0 aliphatic heterocycles. The van der Waals surface area contributed by atoms with Crippen molar-refractivity contribution in [2.45, 2.75) is 39.5 Å². The molecule has 1 aromatic carbocycles. The van der Waals surface area contributed by atoms with Gasteiger partial charge in [-0.15, -0.1) is 0 Å². The number of hydrogen-bond acceptors (Lipinski definition) is 4. The fraction of sp³-hybridized carbons (Fsp3) is 0.316. The molecule has 0 saturated carbocycles. The van der Waals surface area contributed by atoms with Crippen LogP contribution in [0.2, 0.25) is 5.02 Å². The summed E-state index contributed by atoms with van der Waals surface area (Å²) in [5.74, 6) is 0.544. The van der Waals surface area contributed by atoms with Gasteiger partial charge in [-0.3, -0.25) is 9.48 Å². The first-order valence-corrected chi connectivity index (χ1v) is 9.02. The summed E-state index contributed by atoms with van der Waals surface area (Å²) in [4.78, 5) is 12.6. The van der Waals surface area contributed by atoms with E-state index in [4.69, 9.17) is 16.3 Å². The minimum absolute atomic E-state index is 0.224. The molecule has 2 aromatic heterocycles. The van der Waals surface area contributed by atoms with Gasteiger partial charge in [0.1, 0.15) is 11.3 Å². The van der Waals surface area contributed by atoms with Crippen LogP contribution in [0.25, 0.3) is 0 Å². The van der Waals surface area contributed by atoms with E-state index in [1.807, 2.05) is 24.3 Å². The van der Waals surface area contributed by atoms with Crippen LogP contribution in [0, 0.1) is 0 Å². The molecule has 27 heavy (non-hydrogen) atoms. The minimum Gasteiger partial charge on any atom is -0.471 e. The molecule has 0 saturated heterocycles. The van der Waals surface area contributed by atoms with Crippen LogP contribution in [0.1, 0.15) is 26.3 Å². The highest BCUT2D eigenvalue weighted by atomic mass is 35.5. The fourth-order valence-electron chi connectivity index (χ4n) is 2.46. The van der Waals surface area contributed by atoms with Crippen LogP contribution in [0.4, 0.5) is 5.69 Å². The number of benzene rings is 1. The Morgan fingerprint density at radius 2 is 1.93 bits per heavy atom. The molecular formula is C19H22ClN5O2. The van der Waals surface area contributed by atoms with Crippen LogP contribution in [-0.2, 0) is 23.5 Å². The molecule has 7 nitrogen and oxygen atoms in total. The molecule has 0 aliphatic carbocycles. The number of rotatable bonds is 7. The lowest BCUT2D eigenvalue weighted by molar-refractivity contribution is -0.123. The molecule has 3 rings (SSSR count). The molecule has 0 aliphatic rings. The smallest absolute Gasteiger partial charge is 0.251 e. The van der Waals surface area contributed by atoms with Gasteiger partial charge >= 0.3 is 0 Å². The van der Waals surface area contributed by atoms with E-state index >= 15 is 0 Å². The van der Waals surface area contributed by atoms with Gasteiger partial charge in [0, 0.05) is 6.20 Å². The molecular weight excluding hydrogens is 366 g/mol. The van der Waals surface area contributed by atoms with Crippen LogP contribution in [0.5, 0.6) is 5.75 Å². The summed E-state index contributed by atoms with van der Waals surface area (Å²) < 4.78 is 8.85. The Kier molecular flexibility index (Phi) is 5.51. The van der Waals surface area contributed by atoms with Crippen molar-refractivity contribution in [1.29, 1.82) is 0 Å². The minimum atomic E-state index is -0.896. The van der Waals surface area contributed by atoms with E-state index < -0.39 is 5.54 Å². The maximum atomic E-state index is 12.6. The maximum absolute atomic E-state index is 12.6. The zero-order chi connectivity index (χ0) is 19.4. The number of carbonyl (C=O) groups excluding carboxylic acids is 1. The monoisotopic (exact) mass is 387 g/mol. The van der Waals surface area contributed by atoms with Crippen molar-refractivity contribution < 1.29 is 9.53 Å². The van der Waals surface area contributed by atoms with Gasteiger partial charge in [0.15, 0.2) is 6.73 Å². The summed E-state index contributed by atoms with van der Waals surface area (Å²) in [7, 11) is 0. The number of halogens is 1. The molecule has 2 heterocycles. The molecule has 0 fully saturated rings. The SMILES string of the molecule is CCc1ccc(OCn2cc(NC(=O)C(C)(C)n3cc(Cl)cn3)cn2)cc1. The number of anilines is 1. The van der Waals surface area contributed by atoms with Gasteiger partial charge in [0.2, 0.25) is 0 Å². The average molecular weight is 388 g/mol. The lowest BCUT2D eigenvalue weighted by Crippen LogP contribution is -2.40. The summed E-state index contributed by atoms with van der Waals surface area (Å²) in [6.07, 6.45) is 7.39. The Balaban J connectivity index is 1.59. The number of carbonyl (C=O) groups is 1. The topological polar surface area (TPSA) is 74.0 Å². The number of amides is 1. The Labute approximate surface area is 162 Å². The third kappa shape index (κ3) is 4.49. The Morgan fingerprint density at radius 1 is 1.19 bits per heavy atom. The number of nitrogens with one attached hydrogen (secondary N) is 1. The predicted octanol–water partition coefficient (Wildman–Crippen LogP) is 3.71. The van der Waals surface area contributed by atoms with Crippen LogP contribution in [0.15, 0.2) is 49.1 Å². The Morgan fingerprint density at radius 3 is 2.56 bits per heavy atom. The van der Waals surface area contributed by atoms with Gasteiger partial charge in [0.25, 0.3) is 5.91 Å². The first-order valence-electron chi connectivity index (χ1n) is 8.65. The molecule has 0 bridgehead atoms. The largest absolute Gasteiger partial charge is 0.471 e. The quantitative estimate of drug-likeness (QED) is 0.670. The first kappa shape index (κ1) is 19.0. The number of nitrogens with zero attached hydrogens (tertiary/aromatic N) is 4. The number of aromatic nitrogens is 4. The average Bonchev–Trinajstić information content (AvgIpc) is 3.29. The van der Waals surface area contributed by atoms with Crippen LogP contribution in [-0.4, -0.2) is 25.5 Å². The highest BCUT2D eigenvalue weighted by Gasteiger charge is 2.31. The molecule has 142 valence electrons. The second kappa shape index (κ2) is 7.84. The molecule has 1 N–H and O–H groups in total. The second-order valence-corrected chi connectivity index (χ2v) is 7.09. The van der Waals surface area contributed by atoms with Crippen molar-refractivity contribution >= 4 is 23.2 Å². The van der Waals surface area contributed by atoms with Crippen LogP contribution in [0.3, 0.4) is 0 Å². The number of hydrogen-bond donors (Lipinski definition) is 1. The van der Waals surface area contributed by atoms with Crippen molar-refractivity contribution in [2.75, 3.05) is 5.32 Å². The summed E-state index contributed by atoms with van der Waals surface area (Å²) in [5.41, 5.74) is 0.941. The third-order valence-corrected chi connectivity index (χ3v) is 4.46. The van der Waals surface area contributed by atoms with Gasteiger partial charge in [-0.2, -0.15) is 10.2 Å². The van der Waals surface area contributed by atoms with Gasteiger partial charge in [-0.05, 0) is 38.0 Å². The van der Waals surface area contributed by atoms with Crippen molar-refractivity contribution in [2.24, 2.45) is 0 Å². The maximum Gasteiger partial charge on any atom is 0.251 e. The predicted molar refractivity (Wildman–Crippen MR) is 104 cm³/mol. The van der Waals surface area contributed by atoms with E-state index in [0.29, 0.717) is 10.7 Å².